The summed E-state index contributed by atoms with van der Waals surface area (Å²) in [4.78, 5) is 0. The van der Waals surface area contributed by atoms with Crippen molar-refractivity contribution in [3.63, 3.8) is 0 Å². The smallest absolute Gasteiger partial charge is 0.131 e. The summed E-state index contributed by atoms with van der Waals surface area (Å²) >= 11 is 6.06. The second-order valence-electron chi connectivity index (χ2n) is 4.43. The fourth-order valence-electron chi connectivity index (χ4n) is 1.98. The first-order chi connectivity index (χ1) is 8.52. The fourth-order valence-corrected chi connectivity index (χ4v) is 2.20. The molecular weight excluding hydrogens is 249 g/mol. The molecule has 0 aliphatic carbocycles. The van der Waals surface area contributed by atoms with Crippen LogP contribution >= 0.6 is 11.6 Å². The number of rotatable bonds is 2. The fraction of sp³-hybridized carbons (Fsp3) is 0.200. The lowest BCUT2D eigenvalue weighted by Gasteiger charge is -2.11. The predicted molar refractivity (Wildman–Crippen MR) is 74.2 cm³/mol. The van der Waals surface area contributed by atoms with Crippen LogP contribution in [0.5, 0.6) is 0 Å². The van der Waals surface area contributed by atoms with Gasteiger partial charge in [-0.3, -0.25) is 0 Å². The normalized spacial score (nSPS) is 10.7. The average molecular weight is 264 g/mol. The summed E-state index contributed by atoms with van der Waals surface area (Å²) in [5.74, 6) is -0.239. The van der Waals surface area contributed by atoms with Gasteiger partial charge in [0.25, 0.3) is 0 Å². The molecule has 0 aliphatic rings. The molecule has 0 aromatic heterocycles. The quantitative estimate of drug-likeness (QED) is 0.862. The maximum Gasteiger partial charge on any atom is 0.131 e. The minimum Gasteiger partial charge on any atom is -0.326 e. The Bertz CT molecular complexity index is 593. The van der Waals surface area contributed by atoms with Gasteiger partial charge < -0.3 is 5.73 Å². The van der Waals surface area contributed by atoms with Gasteiger partial charge in [-0.1, -0.05) is 17.7 Å². The zero-order valence-corrected chi connectivity index (χ0v) is 11.2. The first kappa shape index (κ1) is 13.1. The third kappa shape index (κ3) is 2.40. The van der Waals surface area contributed by atoms with Crippen molar-refractivity contribution in [1.29, 1.82) is 0 Å². The highest BCUT2D eigenvalue weighted by molar-refractivity contribution is 6.31. The summed E-state index contributed by atoms with van der Waals surface area (Å²) in [5, 5.41) is 0.701. The number of benzene rings is 2. The molecule has 0 unspecified atom stereocenters. The van der Waals surface area contributed by atoms with Crippen molar-refractivity contribution in [3.05, 3.63) is 57.9 Å². The van der Waals surface area contributed by atoms with Crippen LogP contribution in [0.2, 0.25) is 5.02 Å². The summed E-state index contributed by atoms with van der Waals surface area (Å²) in [7, 11) is 0. The van der Waals surface area contributed by atoms with Crippen molar-refractivity contribution in [2.75, 3.05) is 0 Å². The van der Waals surface area contributed by atoms with Crippen molar-refractivity contribution >= 4 is 11.6 Å². The van der Waals surface area contributed by atoms with Crippen LogP contribution in [0.3, 0.4) is 0 Å². The molecule has 0 atom stereocenters. The van der Waals surface area contributed by atoms with Crippen LogP contribution in [-0.4, -0.2) is 0 Å². The van der Waals surface area contributed by atoms with Crippen molar-refractivity contribution in [2.24, 2.45) is 5.73 Å². The Morgan fingerprint density at radius 1 is 1.06 bits per heavy atom. The Balaban J connectivity index is 2.64. The Kier molecular flexibility index (Phi) is 3.69. The zero-order valence-electron chi connectivity index (χ0n) is 10.4. The van der Waals surface area contributed by atoms with E-state index in [1.165, 1.54) is 6.07 Å². The van der Waals surface area contributed by atoms with Gasteiger partial charge in [-0.2, -0.15) is 0 Å². The third-order valence-corrected chi connectivity index (χ3v) is 3.47. The van der Waals surface area contributed by atoms with Crippen molar-refractivity contribution in [3.8, 4) is 11.1 Å². The molecule has 2 aromatic rings. The first-order valence-electron chi connectivity index (χ1n) is 5.78. The van der Waals surface area contributed by atoms with E-state index in [1.807, 2.05) is 26.0 Å². The van der Waals surface area contributed by atoms with E-state index in [2.05, 4.69) is 0 Å². The van der Waals surface area contributed by atoms with Gasteiger partial charge in [-0.25, -0.2) is 4.39 Å². The van der Waals surface area contributed by atoms with E-state index < -0.39 is 0 Å². The van der Waals surface area contributed by atoms with E-state index >= 15 is 0 Å². The molecule has 0 radical (unpaired) electrons. The molecule has 0 heterocycles. The molecule has 3 heteroatoms. The van der Waals surface area contributed by atoms with Crippen LogP contribution in [0.4, 0.5) is 4.39 Å². The molecule has 2 rings (SSSR count). The third-order valence-electron chi connectivity index (χ3n) is 3.06. The molecule has 0 saturated heterocycles. The lowest BCUT2D eigenvalue weighted by molar-refractivity contribution is 0.630. The molecule has 1 nitrogen and oxygen atoms in total. The van der Waals surface area contributed by atoms with Crippen molar-refractivity contribution in [1.82, 2.24) is 0 Å². The molecule has 0 saturated carbocycles. The number of hydrogen-bond donors (Lipinski definition) is 1. The van der Waals surface area contributed by atoms with Gasteiger partial charge in [0.15, 0.2) is 0 Å². The zero-order chi connectivity index (χ0) is 13.3. The summed E-state index contributed by atoms with van der Waals surface area (Å²) < 4.78 is 13.9. The van der Waals surface area contributed by atoms with E-state index in [0.717, 1.165) is 22.3 Å². The topological polar surface area (TPSA) is 26.0 Å². The summed E-state index contributed by atoms with van der Waals surface area (Å²) in [6.07, 6.45) is 0. The lowest BCUT2D eigenvalue weighted by atomic mass is 9.96. The summed E-state index contributed by atoms with van der Waals surface area (Å²) in [6.45, 7) is 4.24. The second-order valence-corrected chi connectivity index (χ2v) is 4.84. The molecule has 18 heavy (non-hydrogen) atoms. The maximum absolute atomic E-state index is 13.9. The Labute approximate surface area is 111 Å². The number of halogens is 2. The lowest BCUT2D eigenvalue weighted by Crippen LogP contribution is -1.98. The monoisotopic (exact) mass is 263 g/mol. The molecular formula is C15H15ClFN. The van der Waals surface area contributed by atoms with Gasteiger partial charge in [-0.05, 0) is 60.4 Å². The molecule has 0 fully saturated rings. The highest BCUT2D eigenvalue weighted by Gasteiger charge is 2.10. The molecule has 0 amide bonds. The molecule has 2 aromatic carbocycles. The van der Waals surface area contributed by atoms with Gasteiger partial charge in [0, 0.05) is 17.1 Å². The Hall–Kier alpha value is -1.38. The Morgan fingerprint density at radius 3 is 2.44 bits per heavy atom. The summed E-state index contributed by atoms with van der Waals surface area (Å²) in [5.41, 5.74) is 9.85. The second kappa shape index (κ2) is 5.09. The van der Waals surface area contributed by atoms with Crippen molar-refractivity contribution in [2.45, 2.75) is 20.4 Å². The molecule has 0 bridgehead atoms. The van der Waals surface area contributed by atoms with E-state index in [9.17, 15) is 4.39 Å². The van der Waals surface area contributed by atoms with E-state index in [-0.39, 0.29) is 5.82 Å². The van der Waals surface area contributed by atoms with E-state index in [4.69, 9.17) is 17.3 Å². The minimum absolute atomic E-state index is 0.239. The summed E-state index contributed by atoms with van der Waals surface area (Å²) in [6, 6.07) is 8.74. The van der Waals surface area contributed by atoms with Gasteiger partial charge in [-0.15, -0.1) is 0 Å². The van der Waals surface area contributed by atoms with Crippen LogP contribution in [0.1, 0.15) is 16.7 Å². The largest absolute Gasteiger partial charge is 0.326 e. The van der Waals surface area contributed by atoms with Crippen LogP contribution in [-0.2, 0) is 6.54 Å². The minimum atomic E-state index is -0.239. The SMILES string of the molecule is Cc1cc(-c2cc(CN)ccc2F)c(C)cc1Cl. The highest BCUT2D eigenvalue weighted by atomic mass is 35.5. The number of hydrogen-bond acceptors (Lipinski definition) is 1. The first-order valence-corrected chi connectivity index (χ1v) is 6.16. The van der Waals surface area contributed by atoms with Crippen LogP contribution in [0.15, 0.2) is 30.3 Å². The number of nitrogens with two attached hydrogens (primary N) is 1. The van der Waals surface area contributed by atoms with Crippen LogP contribution in [0.25, 0.3) is 11.1 Å². The standard InChI is InChI=1S/C15H15ClFN/c1-9-6-14(16)10(2)5-12(9)13-7-11(8-18)3-4-15(13)17/h3-7H,8,18H2,1-2H3. The van der Waals surface area contributed by atoms with Gasteiger partial charge in [0.1, 0.15) is 5.82 Å². The van der Waals surface area contributed by atoms with Crippen molar-refractivity contribution < 1.29 is 4.39 Å². The van der Waals surface area contributed by atoms with Crippen LogP contribution in [0, 0.1) is 19.7 Å². The molecule has 94 valence electrons. The molecule has 2 N–H and O–H groups in total. The van der Waals surface area contributed by atoms with E-state index in [1.54, 1.807) is 12.1 Å². The van der Waals surface area contributed by atoms with Crippen LogP contribution < -0.4 is 5.73 Å². The predicted octanol–water partition coefficient (Wildman–Crippen LogP) is 4.22. The van der Waals surface area contributed by atoms with Gasteiger partial charge in [0.2, 0.25) is 0 Å². The van der Waals surface area contributed by atoms with E-state index in [0.29, 0.717) is 17.1 Å². The Morgan fingerprint density at radius 2 is 1.78 bits per heavy atom. The molecule has 0 aliphatic heterocycles. The van der Waals surface area contributed by atoms with Gasteiger partial charge >= 0.3 is 0 Å². The number of aryl methyl sites for hydroxylation is 2. The maximum atomic E-state index is 13.9. The van der Waals surface area contributed by atoms with Gasteiger partial charge in [0.05, 0.1) is 0 Å². The average Bonchev–Trinajstić information content (AvgIpc) is 2.35. The molecule has 0 spiro atoms. The highest BCUT2D eigenvalue weighted by Crippen LogP contribution is 2.31.